The van der Waals surface area contributed by atoms with E-state index in [0.29, 0.717) is 16.9 Å². The molecule has 0 spiro atoms. The second kappa shape index (κ2) is 7.22. The highest BCUT2D eigenvalue weighted by Crippen LogP contribution is 2.15. The highest BCUT2D eigenvalue weighted by molar-refractivity contribution is 9.10. The zero-order valence-corrected chi connectivity index (χ0v) is 13.8. The number of benzene rings is 2. The summed E-state index contributed by atoms with van der Waals surface area (Å²) in [4.78, 5) is 24.2. The van der Waals surface area contributed by atoms with E-state index >= 15 is 0 Å². The summed E-state index contributed by atoms with van der Waals surface area (Å²) in [5, 5.41) is 0. The molecule has 0 amide bonds. The molecule has 0 aliphatic heterocycles. The van der Waals surface area contributed by atoms with E-state index in [-0.39, 0.29) is 5.78 Å². The third-order valence-electron chi connectivity index (χ3n) is 3.11. The average molecular weight is 363 g/mol. The minimum atomic E-state index is -0.857. The maximum absolute atomic E-state index is 12.2. The molecule has 0 saturated carbocycles. The second-order valence-electron chi connectivity index (χ2n) is 4.65. The van der Waals surface area contributed by atoms with Crippen molar-refractivity contribution in [3.05, 3.63) is 64.1 Å². The molecule has 4 nitrogen and oxygen atoms in total. The summed E-state index contributed by atoms with van der Waals surface area (Å²) in [5.74, 6) is -0.119. The molecule has 114 valence electrons. The third-order valence-corrected chi connectivity index (χ3v) is 3.64. The highest BCUT2D eigenvalue weighted by Gasteiger charge is 2.20. The van der Waals surface area contributed by atoms with Crippen LogP contribution in [0.3, 0.4) is 0 Å². The van der Waals surface area contributed by atoms with E-state index in [1.54, 1.807) is 62.6 Å². The van der Waals surface area contributed by atoms with Gasteiger partial charge in [0.25, 0.3) is 0 Å². The molecule has 0 aromatic heterocycles. The van der Waals surface area contributed by atoms with Crippen LogP contribution in [0.1, 0.15) is 27.6 Å². The number of rotatable bonds is 5. The number of carbonyl (C=O) groups excluding carboxylic acids is 2. The summed E-state index contributed by atoms with van der Waals surface area (Å²) < 4.78 is 11.1. The Morgan fingerprint density at radius 1 is 0.955 bits per heavy atom. The van der Waals surface area contributed by atoms with E-state index in [9.17, 15) is 9.59 Å². The monoisotopic (exact) mass is 362 g/mol. The molecule has 0 aliphatic rings. The maximum Gasteiger partial charge on any atom is 0.338 e. The van der Waals surface area contributed by atoms with Crippen LogP contribution < -0.4 is 4.74 Å². The molecular formula is C17H15BrO4. The van der Waals surface area contributed by atoms with Crippen LogP contribution in [0.25, 0.3) is 0 Å². The first kappa shape index (κ1) is 16.2. The Hall–Kier alpha value is -2.14. The van der Waals surface area contributed by atoms with Crippen molar-refractivity contribution in [1.29, 1.82) is 0 Å². The fraction of sp³-hybridized carbons (Fsp3) is 0.176. The summed E-state index contributed by atoms with van der Waals surface area (Å²) in [7, 11) is 1.56. The summed E-state index contributed by atoms with van der Waals surface area (Å²) in [6, 6.07) is 13.4. The van der Waals surface area contributed by atoms with Gasteiger partial charge in [-0.05, 0) is 55.5 Å². The molecule has 1 atom stereocenters. The van der Waals surface area contributed by atoms with Gasteiger partial charge < -0.3 is 9.47 Å². The van der Waals surface area contributed by atoms with Crippen LogP contribution in [0, 0.1) is 0 Å². The van der Waals surface area contributed by atoms with Crippen molar-refractivity contribution in [3.8, 4) is 5.75 Å². The van der Waals surface area contributed by atoms with Gasteiger partial charge in [-0.3, -0.25) is 4.79 Å². The van der Waals surface area contributed by atoms with Crippen molar-refractivity contribution in [2.75, 3.05) is 7.11 Å². The molecule has 0 fully saturated rings. The van der Waals surface area contributed by atoms with Crippen LogP contribution in [-0.4, -0.2) is 25.0 Å². The van der Waals surface area contributed by atoms with Gasteiger partial charge in [-0.1, -0.05) is 15.9 Å². The Kier molecular flexibility index (Phi) is 5.33. The topological polar surface area (TPSA) is 52.6 Å². The highest BCUT2D eigenvalue weighted by atomic mass is 79.9. The molecule has 22 heavy (non-hydrogen) atoms. The van der Waals surface area contributed by atoms with Crippen LogP contribution in [0.5, 0.6) is 5.75 Å². The Bertz CT molecular complexity index is 662. The maximum atomic E-state index is 12.2. The lowest BCUT2D eigenvalue weighted by atomic mass is 10.1. The fourth-order valence-corrected chi connectivity index (χ4v) is 2.12. The van der Waals surface area contributed by atoms with Gasteiger partial charge in [0.2, 0.25) is 5.78 Å². The summed E-state index contributed by atoms with van der Waals surface area (Å²) in [5.41, 5.74) is 0.870. The number of ether oxygens (including phenoxy) is 2. The van der Waals surface area contributed by atoms with Crippen LogP contribution >= 0.6 is 15.9 Å². The van der Waals surface area contributed by atoms with Crippen molar-refractivity contribution in [3.63, 3.8) is 0 Å². The minimum absolute atomic E-state index is 0.256. The molecule has 2 rings (SSSR count). The normalized spacial score (nSPS) is 11.6. The van der Waals surface area contributed by atoms with Crippen LogP contribution in [0.4, 0.5) is 0 Å². The molecular weight excluding hydrogens is 348 g/mol. The molecule has 0 unspecified atom stereocenters. The van der Waals surface area contributed by atoms with Crippen molar-refractivity contribution < 1.29 is 19.1 Å². The average Bonchev–Trinajstić information content (AvgIpc) is 2.54. The predicted molar refractivity (Wildman–Crippen MR) is 86.3 cm³/mol. The van der Waals surface area contributed by atoms with Gasteiger partial charge in [0, 0.05) is 10.0 Å². The number of methoxy groups -OCH3 is 1. The Labute approximate surface area is 137 Å². The van der Waals surface area contributed by atoms with Gasteiger partial charge in [-0.2, -0.15) is 0 Å². The van der Waals surface area contributed by atoms with E-state index in [0.717, 1.165) is 4.47 Å². The number of halogens is 1. The largest absolute Gasteiger partial charge is 0.497 e. The van der Waals surface area contributed by atoms with Crippen LogP contribution in [-0.2, 0) is 4.74 Å². The number of carbonyl (C=O) groups is 2. The quantitative estimate of drug-likeness (QED) is 0.598. The van der Waals surface area contributed by atoms with Crippen LogP contribution in [0.2, 0.25) is 0 Å². The molecule has 0 saturated heterocycles. The molecule has 2 aromatic rings. The van der Waals surface area contributed by atoms with E-state index in [1.807, 2.05) is 0 Å². The van der Waals surface area contributed by atoms with Crippen molar-refractivity contribution in [2.45, 2.75) is 13.0 Å². The molecule has 5 heteroatoms. The van der Waals surface area contributed by atoms with Crippen molar-refractivity contribution in [1.82, 2.24) is 0 Å². The van der Waals surface area contributed by atoms with Gasteiger partial charge in [-0.15, -0.1) is 0 Å². The molecule has 0 N–H and O–H groups in total. The summed E-state index contributed by atoms with van der Waals surface area (Å²) in [6.45, 7) is 1.56. The molecule has 0 bridgehead atoms. The summed E-state index contributed by atoms with van der Waals surface area (Å²) >= 11 is 3.29. The number of ketones is 1. The van der Waals surface area contributed by atoms with E-state index < -0.39 is 12.1 Å². The van der Waals surface area contributed by atoms with Crippen molar-refractivity contribution in [2.24, 2.45) is 0 Å². The van der Waals surface area contributed by atoms with Gasteiger partial charge in [0.1, 0.15) is 5.75 Å². The van der Waals surface area contributed by atoms with Gasteiger partial charge in [0.15, 0.2) is 6.10 Å². The van der Waals surface area contributed by atoms with E-state index in [1.165, 1.54) is 0 Å². The zero-order chi connectivity index (χ0) is 16.1. The molecule has 0 heterocycles. The SMILES string of the molecule is COc1ccc(C(=O)[C@H](C)OC(=O)c2ccc(Br)cc2)cc1. The van der Waals surface area contributed by atoms with Gasteiger partial charge in [-0.25, -0.2) is 4.79 Å². The number of hydrogen-bond donors (Lipinski definition) is 0. The lowest BCUT2D eigenvalue weighted by Crippen LogP contribution is -2.24. The lowest BCUT2D eigenvalue weighted by Gasteiger charge is -2.12. The second-order valence-corrected chi connectivity index (χ2v) is 5.56. The lowest BCUT2D eigenvalue weighted by molar-refractivity contribution is 0.0319. The molecule has 0 radical (unpaired) electrons. The van der Waals surface area contributed by atoms with E-state index in [4.69, 9.17) is 9.47 Å². The first-order valence-corrected chi connectivity index (χ1v) is 7.45. The van der Waals surface area contributed by atoms with Gasteiger partial charge in [0.05, 0.1) is 12.7 Å². The Morgan fingerprint density at radius 3 is 2.05 bits per heavy atom. The zero-order valence-electron chi connectivity index (χ0n) is 12.2. The van der Waals surface area contributed by atoms with E-state index in [2.05, 4.69) is 15.9 Å². The predicted octanol–water partition coefficient (Wildman–Crippen LogP) is 3.89. The molecule has 0 aliphatic carbocycles. The van der Waals surface area contributed by atoms with Crippen LogP contribution in [0.15, 0.2) is 53.0 Å². The minimum Gasteiger partial charge on any atom is -0.497 e. The fourth-order valence-electron chi connectivity index (χ4n) is 1.86. The smallest absolute Gasteiger partial charge is 0.338 e. The molecule has 2 aromatic carbocycles. The number of hydrogen-bond acceptors (Lipinski definition) is 4. The first-order valence-electron chi connectivity index (χ1n) is 6.66. The summed E-state index contributed by atoms with van der Waals surface area (Å²) in [6.07, 6.45) is -0.857. The standard InChI is InChI=1S/C17H15BrO4/c1-11(16(19)12-5-9-15(21-2)10-6-12)22-17(20)13-3-7-14(18)8-4-13/h3-11H,1-2H3/t11-/m0/s1. The first-order chi connectivity index (χ1) is 10.5. The van der Waals surface area contributed by atoms with Crippen molar-refractivity contribution >= 4 is 27.7 Å². The van der Waals surface area contributed by atoms with Gasteiger partial charge >= 0.3 is 5.97 Å². The Morgan fingerprint density at radius 2 is 1.50 bits per heavy atom. The number of esters is 1. The Balaban J connectivity index is 2.03. The third kappa shape index (κ3) is 3.95. The number of Topliss-reactive ketones (excluding diaryl/α,β-unsaturated/α-hetero) is 1.